The second-order valence-electron chi connectivity index (χ2n) is 4.22. The van der Waals surface area contributed by atoms with Gasteiger partial charge in [0.25, 0.3) is 5.91 Å². The number of piperidine rings is 1. The Balaban J connectivity index is 2.16. The minimum Gasteiger partial charge on any atom is -0.382 e. The summed E-state index contributed by atoms with van der Waals surface area (Å²) in [6, 6.07) is 5.98. The van der Waals surface area contributed by atoms with Gasteiger partial charge in [-0.2, -0.15) is 0 Å². The van der Waals surface area contributed by atoms with Gasteiger partial charge in [-0.25, -0.2) is 0 Å². The first-order valence-corrected chi connectivity index (χ1v) is 6.53. The summed E-state index contributed by atoms with van der Waals surface area (Å²) in [6.07, 6.45) is 2.13. The largest absolute Gasteiger partial charge is 0.382 e. The van der Waals surface area contributed by atoms with E-state index in [-0.39, 0.29) is 0 Å². The van der Waals surface area contributed by atoms with E-state index < -0.39 is 5.91 Å². The molecule has 0 aliphatic carbocycles. The fraction of sp³-hybridized carbons (Fsp3) is 0.417. The maximum Gasteiger partial charge on any atom is 0.250 e. The van der Waals surface area contributed by atoms with Crippen LogP contribution in [0, 0.1) is 0 Å². The molecule has 1 aromatic carbocycles. The molecule has 0 atom stereocenters. The Labute approximate surface area is 109 Å². The number of nitrogens with one attached hydrogen (secondary N) is 2. The molecule has 0 aromatic heterocycles. The van der Waals surface area contributed by atoms with E-state index in [0.717, 1.165) is 36.1 Å². The molecule has 4 nitrogen and oxygen atoms in total. The molecule has 5 heteroatoms. The minimum absolute atomic E-state index is 0.400. The van der Waals surface area contributed by atoms with Crippen LogP contribution in [0.2, 0.25) is 0 Å². The second kappa shape index (κ2) is 5.51. The van der Waals surface area contributed by atoms with Crippen molar-refractivity contribution in [2.75, 3.05) is 18.4 Å². The lowest BCUT2D eigenvalue weighted by atomic mass is 10.1. The van der Waals surface area contributed by atoms with Crippen LogP contribution < -0.4 is 16.4 Å². The summed E-state index contributed by atoms with van der Waals surface area (Å²) in [5.74, 6) is -0.400. The number of benzene rings is 1. The lowest BCUT2D eigenvalue weighted by molar-refractivity contribution is 0.100. The van der Waals surface area contributed by atoms with Gasteiger partial charge in [0.15, 0.2) is 0 Å². The first-order chi connectivity index (χ1) is 8.16. The molecule has 17 heavy (non-hydrogen) atoms. The van der Waals surface area contributed by atoms with Crippen molar-refractivity contribution in [2.45, 2.75) is 18.9 Å². The summed E-state index contributed by atoms with van der Waals surface area (Å²) in [7, 11) is 0. The Morgan fingerprint density at radius 1 is 1.41 bits per heavy atom. The fourth-order valence-electron chi connectivity index (χ4n) is 2.03. The first-order valence-electron chi connectivity index (χ1n) is 5.73. The zero-order valence-electron chi connectivity index (χ0n) is 9.50. The van der Waals surface area contributed by atoms with E-state index in [1.807, 2.05) is 12.1 Å². The van der Waals surface area contributed by atoms with E-state index >= 15 is 0 Å². The Hall–Kier alpha value is -1.07. The Morgan fingerprint density at radius 3 is 2.76 bits per heavy atom. The van der Waals surface area contributed by atoms with Crippen molar-refractivity contribution >= 4 is 27.5 Å². The van der Waals surface area contributed by atoms with Crippen LogP contribution in [0.15, 0.2) is 22.7 Å². The number of rotatable bonds is 3. The number of nitrogens with two attached hydrogens (primary N) is 1. The number of halogens is 1. The van der Waals surface area contributed by atoms with Crippen molar-refractivity contribution in [3.05, 3.63) is 28.2 Å². The van der Waals surface area contributed by atoms with Crippen LogP contribution in [0.25, 0.3) is 0 Å². The molecule has 1 aliphatic heterocycles. The highest BCUT2D eigenvalue weighted by molar-refractivity contribution is 9.10. The van der Waals surface area contributed by atoms with Crippen LogP contribution in [0.4, 0.5) is 5.69 Å². The molecule has 1 aliphatic rings. The molecule has 1 heterocycles. The number of hydrogen-bond donors (Lipinski definition) is 3. The van der Waals surface area contributed by atoms with Gasteiger partial charge in [-0.1, -0.05) is 15.9 Å². The van der Waals surface area contributed by atoms with E-state index in [1.54, 1.807) is 6.07 Å². The third-order valence-electron chi connectivity index (χ3n) is 2.95. The summed E-state index contributed by atoms with van der Waals surface area (Å²) in [5.41, 5.74) is 6.74. The molecule has 92 valence electrons. The molecule has 1 saturated heterocycles. The summed E-state index contributed by atoms with van der Waals surface area (Å²) in [5, 5.41) is 6.70. The fourth-order valence-corrected chi connectivity index (χ4v) is 2.39. The number of carbonyl (C=O) groups is 1. The van der Waals surface area contributed by atoms with Gasteiger partial charge in [0.05, 0.1) is 5.56 Å². The van der Waals surface area contributed by atoms with Crippen molar-refractivity contribution in [2.24, 2.45) is 5.73 Å². The van der Waals surface area contributed by atoms with E-state index in [0.29, 0.717) is 11.6 Å². The molecule has 0 spiro atoms. The molecule has 0 radical (unpaired) electrons. The van der Waals surface area contributed by atoms with Gasteiger partial charge in [-0.15, -0.1) is 0 Å². The lowest BCUT2D eigenvalue weighted by Crippen LogP contribution is -2.35. The highest BCUT2D eigenvalue weighted by Crippen LogP contribution is 2.22. The molecular formula is C12H16BrN3O. The highest BCUT2D eigenvalue weighted by Gasteiger charge is 2.15. The van der Waals surface area contributed by atoms with Crippen molar-refractivity contribution in [3.63, 3.8) is 0 Å². The van der Waals surface area contributed by atoms with E-state index in [9.17, 15) is 4.79 Å². The highest BCUT2D eigenvalue weighted by atomic mass is 79.9. The van der Waals surface area contributed by atoms with Crippen molar-refractivity contribution in [3.8, 4) is 0 Å². The zero-order valence-corrected chi connectivity index (χ0v) is 11.1. The van der Waals surface area contributed by atoms with Crippen LogP contribution in [0.1, 0.15) is 23.2 Å². The Morgan fingerprint density at radius 2 is 2.12 bits per heavy atom. The third-order valence-corrected chi connectivity index (χ3v) is 3.44. The molecule has 0 bridgehead atoms. The molecule has 0 saturated carbocycles. The Bertz CT molecular complexity index is 416. The van der Waals surface area contributed by atoms with Crippen LogP contribution in [-0.4, -0.2) is 25.0 Å². The molecular weight excluding hydrogens is 282 g/mol. The van der Waals surface area contributed by atoms with E-state index in [4.69, 9.17) is 5.73 Å². The zero-order chi connectivity index (χ0) is 12.3. The predicted octanol–water partition coefficient (Wildman–Crippen LogP) is 1.71. The van der Waals surface area contributed by atoms with Crippen molar-refractivity contribution < 1.29 is 4.79 Å². The van der Waals surface area contributed by atoms with Gasteiger partial charge in [0, 0.05) is 16.2 Å². The van der Waals surface area contributed by atoms with Crippen molar-refractivity contribution in [1.82, 2.24) is 5.32 Å². The van der Waals surface area contributed by atoms with Gasteiger partial charge >= 0.3 is 0 Å². The van der Waals surface area contributed by atoms with E-state index in [2.05, 4.69) is 26.6 Å². The Kier molecular flexibility index (Phi) is 4.02. The maximum absolute atomic E-state index is 11.4. The third kappa shape index (κ3) is 3.20. The number of amides is 1. The smallest absolute Gasteiger partial charge is 0.250 e. The molecule has 2 rings (SSSR count). The summed E-state index contributed by atoms with van der Waals surface area (Å²) in [4.78, 5) is 11.4. The van der Waals surface area contributed by atoms with Crippen molar-refractivity contribution in [1.29, 1.82) is 0 Å². The first kappa shape index (κ1) is 12.4. The van der Waals surface area contributed by atoms with Gasteiger partial charge in [-0.05, 0) is 44.1 Å². The SMILES string of the molecule is NC(=O)c1cc(Br)ccc1NC1CCNCC1. The lowest BCUT2D eigenvalue weighted by Gasteiger charge is -2.25. The van der Waals surface area contributed by atoms with Crippen LogP contribution in [0.5, 0.6) is 0 Å². The topological polar surface area (TPSA) is 67.2 Å². The minimum atomic E-state index is -0.400. The predicted molar refractivity (Wildman–Crippen MR) is 72.2 cm³/mol. The van der Waals surface area contributed by atoms with Crippen LogP contribution in [-0.2, 0) is 0 Å². The molecule has 1 fully saturated rings. The quantitative estimate of drug-likeness (QED) is 0.796. The molecule has 1 amide bonds. The average molecular weight is 298 g/mol. The number of hydrogen-bond acceptors (Lipinski definition) is 3. The number of primary amides is 1. The van der Waals surface area contributed by atoms with Gasteiger partial charge in [-0.3, -0.25) is 4.79 Å². The normalized spacial score (nSPS) is 16.8. The second-order valence-corrected chi connectivity index (χ2v) is 5.14. The summed E-state index contributed by atoms with van der Waals surface area (Å²) < 4.78 is 0.863. The maximum atomic E-state index is 11.4. The monoisotopic (exact) mass is 297 g/mol. The van der Waals surface area contributed by atoms with Crippen LogP contribution >= 0.6 is 15.9 Å². The molecule has 4 N–H and O–H groups in total. The summed E-state index contributed by atoms with van der Waals surface area (Å²) in [6.45, 7) is 2.03. The van der Waals surface area contributed by atoms with Gasteiger partial charge in [0.2, 0.25) is 0 Å². The van der Waals surface area contributed by atoms with Gasteiger partial charge < -0.3 is 16.4 Å². The molecule has 0 unspecified atom stereocenters. The standard InChI is InChI=1S/C12H16BrN3O/c13-8-1-2-11(10(7-8)12(14)17)16-9-3-5-15-6-4-9/h1-2,7,9,15-16H,3-6H2,(H2,14,17). The number of carbonyl (C=O) groups excluding carboxylic acids is 1. The van der Waals surface area contributed by atoms with Gasteiger partial charge in [0.1, 0.15) is 0 Å². The molecule has 1 aromatic rings. The average Bonchev–Trinajstić information content (AvgIpc) is 2.32. The van der Waals surface area contributed by atoms with E-state index in [1.165, 1.54) is 0 Å². The summed E-state index contributed by atoms with van der Waals surface area (Å²) >= 11 is 3.34. The van der Waals surface area contributed by atoms with Crippen LogP contribution in [0.3, 0.4) is 0 Å². The number of anilines is 1.